The molecule has 2 rings (SSSR count). The van der Waals surface area contributed by atoms with Crippen molar-refractivity contribution in [2.75, 3.05) is 0 Å². The lowest BCUT2D eigenvalue weighted by molar-refractivity contribution is 1.08. The lowest BCUT2D eigenvalue weighted by Crippen LogP contribution is -1.93. The van der Waals surface area contributed by atoms with Crippen LogP contribution >= 0.6 is 0 Å². The third-order valence-electron chi connectivity index (χ3n) is 4.08. The van der Waals surface area contributed by atoms with Crippen LogP contribution in [0.1, 0.15) is 63.7 Å². The zero-order valence-electron chi connectivity index (χ0n) is 20.0. The molecule has 0 saturated heterocycles. The summed E-state index contributed by atoms with van der Waals surface area (Å²) in [6, 6.07) is 11.7. The molecule has 0 radical (unpaired) electrons. The average Bonchev–Trinajstić information content (AvgIpc) is 3.30. The van der Waals surface area contributed by atoms with Gasteiger partial charge in [0.2, 0.25) is 0 Å². The number of rotatable bonds is 6. The molecule has 0 aliphatic rings. The molecule has 0 spiro atoms. The largest absolute Gasteiger partial charge is 0.307 e. The normalized spacial score (nSPS) is 9.78. The van der Waals surface area contributed by atoms with E-state index < -0.39 is 0 Å². The molecule has 32 heavy (non-hydrogen) atoms. The summed E-state index contributed by atoms with van der Waals surface area (Å²) in [6.45, 7) is 17.3. The van der Waals surface area contributed by atoms with E-state index in [4.69, 9.17) is 15.5 Å². The van der Waals surface area contributed by atoms with E-state index >= 15 is 0 Å². The monoisotopic (exact) mass is 426 g/mol. The smallest absolute Gasteiger partial charge is 0.140 e. The number of imidazole rings is 1. The number of hydrogen-bond donors (Lipinski definition) is 0. The van der Waals surface area contributed by atoms with Crippen molar-refractivity contribution < 1.29 is 0 Å². The molecule has 0 aliphatic heterocycles. The highest BCUT2D eigenvalue weighted by Gasteiger charge is 2.08. The van der Waals surface area contributed by atoms with Gasteiger partial charge in [-0.05, 0) is 56.0 Å². The first-order valence-corrected chi connectivity index (χ1v) is 10.3. The molecule has 0 amide bonds. The van der Waals surface area contributed by atoms with Crippen LogP contribution in [-0.2, 0) is 6.42 Å². The Morgan fingerprint density at radius 1 is 1.09 bits per heavy atom. The van der Waals surface area contributed by atoms with Gasteiger partial charge in [0.25, 0.3) is 0 Å². The van der Waals surface area contributed by atoms with Crippen LogP contribution in [0.15, 0.2) is 61.8 Å². The standard InChI is InChI=1S/C20H21N3.C4H5N.C2H6.C2H2/c1-5-15(3)19-14-23(6-2)20(22-19)16(4)7-8-17-9-11-18(13-21)12-10-17;1-2-3-4-5;2*1-2/h5-7,9-12,14H,2,8H2,1,3-4H3;2H,1,3H2;1-2H3;1-2H/b15-5+,16-7-;;;. The summed E-state index contributed by atoms with van der Waals surface area (Å²) in [7, 11) is 0. The van der Waals surface area contributed by atoms with Gasteiger partial charge >= 0.3 is 0 Å². The minimum absolute atomic E-state index is 0.458. The van der Waals surface area contributed by atoms with Crippen molar-refractivity contribution in [3.8, 4) is 25.0 Å². The Hall–Kier alpha value is -4.07. The van der Waals surface area contributed by atoms with Crippen molar-refractivity contribution in [1.29, 1.82) is 10.5 Å². The lowest BCUT2D eigenvalue weighted by Gasteiger charge is -2.03. The molecule has 0 atom stereocenters. The zero-order valence-corrected chi connectivity index (χ0v) is 20.0. The van der Waals surface area contributed by atoms with E-state index in [0.29, 0.717) is 12.0 Å². The maximum Gasteiger partial charge on any atom is 0.140 e. The third-order valence-corrected chi connectivity index (χ3v) is 4.08. The maximum absolute atomic E-state index is 8.83. The quantitative estimate of drug-likeness (QED) is 0.360. The fourth-order valence-corrected chi connectivity index (χ4v) is 2.30. The highest BCUT2D eigenvalue weighted by molar-refractivity contribution is 5.66. The Balaban J connectivity index is 0. The van der Waals surface area contributed by atoms with Gasteiger partial charge < -0.3 is 4.57 Å². The predicted octanol–water partition coefficient (Wildman–Crippen LogP) is 7.29. The molecule has 0 N–H and O–H groups in total. The van der Waals surface area contributed by atoms with Crippen LogP contribution in [0.4, 0.5) is 0 Å². The number of nitriles is 2. The van der Waals surface area contributed by atoms with Gasteiger partial charge in [-0.3, -0.25) is 0 Å². The Bertz CT molecular complexity index is 985. The molecular formula is C28H34N4. The van der Waals surface area contributed by atoms with Crippen LogP contribution in [0.2, 0.25) is 0 Å². The second-order valence-electron chi connectivity index (χ2n) is 6.06. The van der Waals surface area contributed by atoms with Gasteiger partial charge in [0.1, 0.15) is 5.82 Å². The molecule has 166 valence electrons. The Morgan fingerprint density at radius 2 is 1.69 bits per heavy atom. The van der Waals surface area contributed by atoms with E-state index in [2.05, 4.69) is 58.1 Å². The maximum atomic E-state index is 8.83. The first-order chi connectivity index (χ1) is 15.5. The van der Waals surface area contributed by atoms with Crippen LogP contribution in [-0.4, -0.2) is 9.55 Å². The second-order valence-corrected chi connectivity index (χ2v) is 6.06. The van der Waals surface area contributed by atoms with Gasteiger partial charge in [-0.1, -0.05) is 50.8 Å². The first kappa shape index (κ1) is 30.1. The highest BCUT2D eigenvalue weighted by atomic mass is 15.1. The van der Waals surface area contributed by atoms with Crippen LogP contribution in [0, 0.1) is 35.5 Å². The van der Waals surface area contributed by atoms with Crippen molar-refractivity contribution in [3.63, 3.8) is 0 Å². The third kappa shape index (κ3) is 10.6. The molecule has 0 bridgehead atoms. The topological polar surface area (TPSA) is 65.4 Å². The number of benzene rings is 1. The molecule has 4 heteroatoms. The lowest BCUT2D eigenvalue weighted by atomic mass is 10.1. The predicted molar refractivity (Wildman–Crippen MR) is 138 cm³/mol. The Labute approximate surface area is 194 Å². The van der Waals surface area contributed by atoms with Crippen molar-refractivity contribution in [2.45, 2.75) is 47.5 Å². The molecule has 0 saturated carbocycles. The number of hydrogen-bond acceptors (Lipinski definition) is 3. The highest BCUT2D eigenvalue weighted by Crippen LogP contribution is 2.20. The summed E-state index contributed by atoms with van der Waals surface area (Å²) >= 11 is 0. The Morgan fingerprint density at radius 3 is 2.09 bits per heavy atom. The van der Waals surface area contributed by atoms with E-state index in [1.54, 1.807) is 12.3 Å². The fourth-order valence-electron chi connectivity index (χ4n) is 2.30. The molecule has 2 aromatic rings. The molecule has 1 aromatic carbocycles. The number of terminal acetylenes is 1. The molecule has 4 nitrogen and oxygen atoms in total. The van der Waals surface area contributed by atoms with Crippen molar-refractivity contribution in [1.82, 2.24) is 9.55 Å². The van der Waals surface area contributed by atoms with Gasteiger partial charge in [-0.25, -0.2) is 4.98 Å². The van der Waals surface area contributed by atoms with Crippen LogP contribution < -0.4 is 0 Å². The summed E-state index contributed by atoms with van der Waals surface area (Å²) < 4.78 is 1.95. The minimum Gasteiger partial charge on any atom is -0.307 e. The van der Waals surface area contributed by atoms with Gasteiger partial charge in [0.15, 0.2) is 0 Å². The van der Waals surface area contributed by atoms with Crippen molar-refractivity contribution in [3.05, 3.63) is 84.5 Å². The zero-order chi connectivity index (χ0) is 24.9. The molecule has 1 heterocycles. The van der Waals surface area contributed by atoms with Crippen molar-refractivity contribution in [2.24, 2.45) is 0 Å². The van der Waals surface area contributed by atoms with E-state index in [9.17, 15) is 0 Å². The Kier molecular flexibility index (Phi) is 17.8. The summed E-state index contributed by atoms with van der Waals surface area (Å²) in [5.41, 5.74) is 5.07. The number of nitrogens with zero attached hydrogens (tertiary/aromatic N) is 4. The van der Waals surface area contributed by atoms with Crippen LogP contribution in [0.3, 0.4) is 0 Å². The SMILES string of the molecule is C#C.C=CCC#N.C=Cn1cc(/C(C)=C/C)nc1/C(C)=C\Cc1ccc(C#N)cc1.CC. The van der Waals surface area contributed by atoms with E-state index in [1.807, 2.05) is 61.9 Å². The average molecular weight is 427 g/mol. The van der Waals surface area contributed by atoms with Gasteiger partial charge in [0, 0.05) is 12.4 Å². The van der Waals surface area contributed by atoms with Gasteiger partial charge in [-0.2, -0.15) is 10.5 Å². The molecule has 0 unspecified atom stereocenters. The van der Waals surface area contributed by atoms with E-state index in [0.717, 1.165) is 29.1 Å². The number of allylic oxidation sites excluding steroid dienone is 5. The minimum atomic E-state index is 0.458. The summed E-state index contributed by atoms with van der Waals surface area (Å²) in [4.78, 5) is 4.70. The summed E-state index contributed by atoms with van der Waals surface area (Å²) in [5, 5.41) is 16.6. The molecule has 0 fully saturated rings. The van der Waals surface area contributed by atoms with E-state index in [-0.39, 0.29) is 0 Å². The number of aromatic nitrogens is 2. The molecular weight excluding hydrogens is 392 g/mol. The fraction of sp³-hybridized carbons (Fsp3) is 0.250. The molecule has 0 aliphatic carbocycles. The molecule has 1 aromatic heterocycles. The van der Waals surface area contributed by atoms with Gasteiger partial charge in [0.05, 0.1) is 29.8 Å². The summed E-state index contributed by atoms with van der Waals surface area (Å²) in [6.07, 6.45) is 18.8. The summed E-state index contributed by atoms with van der Waals surface area (Å²) in [5.74, 6) is 0.907. The van der Waals surface area contributed by atoms with Crippen LogP contribution in [0.25, 0.3) is 17.3 Å². The van der Waals surface area contributed by atoms with Crippen LogP contribution in [0.5, 0.6) is 0 Å². The van der Waals surface area contributed by atoms with Gasteiger partial charge in [-0.15, -0.1) is 19.4 Å². The van der Waals surface area contributed by atoms with Crippen molar-refractivity contribution >= 4 is 17.3 Å². The first-order valence-electron chi connectivity index (χ1n) is 10.3. The second kappa shape index (κ2) is 18.9. The van der Waals surface area contributed by atoms with E-state index in [1.165, 1.54) is 5.56 Å².